The van der Waals surface area contributed by atoms with Crippen molar-refractivity contribution in [2.75, 3.05) is 7.11 Å². The third-order valence-electron chi connectivity index (χ3n) is 2.69. The van der Waals surface area contributed by atoms with Crippen molar-refractivity contribution in [2.24, 2.45) is 0 Å². The monoisotopic (exact) mass is 259 g/mol. The summed E-state index contributed by atoms with van der Waals surface area (Å²) in [4.78, 5) is 4.50. The average molecular weight is 259 g/mol. The van der Waals surface area contributed by atoms with Gasteiger partial charge in [0, 0.05) is 0 Å². The molecule has 0 aliphatic heterocycles. The molecule has 0 aliphatic rings. The van der Waals surface area contributed by atoms with Gasteiger partial charge in [0.15, 0.2) is 0 Å². The quantitative estimate of drug-likeness (QED) is 0.691. The number of ether oxygens (including phenoxy) is 1. The van der Waals surface area contributed by atoms with E-state index in [1.54, 1.807) is 13.2 Å². The molecule has 0 aliphatic carbocycles. The van der Waals surface area contributed by atoms with Crippen LogP contribution in [0.15, 0.2) is 42.5 Å². The molecule has 0 atom stereocenters. The molecule has 0 bridgehead atoms. The molecular weight excluding hydrogens is 249 g/mol. The molecule has 1 heterocycles. The number of hydrogen-bond acceptors (Lipinski definition) is 3. The molecule has 1 aromatic heterocycles. The van der Waals surface area contributed by atoms with Crippen LogP contribution in [0.25, 0.3) is 20.8 Å². The summed E-state index contributed by atoms with van der Waals surface area (Å²) in [5.74, 6) is 0.537. The summed E-state index contributed by atoms with van der Waals surface area (Å²) in [5, 5.41) is 0.841. The highest BCUT2D eigenvalue weighted by Crippen LogP contribution is 2.35. The zero-order valence-electron chi connectivity index (χ0n) is 9.68. The van der Waals surface area contributed by atoms with Crippen molar-refractivity contribution in [3.05, 3.63) is 48.3 Å². The van der Waals surface area contributed by atoms with E-state index in [2.05, 4.69) is 4.98 Å². The van der Waals surface area contributed by atoms with Crippen LogP contribution in [0.2, 0.25) is 0 Å². The van der Waals surface area contributed by atoms with Gasteiger partial charge in [0.05, 0.1) is 22.9 Å². The molecule has 2 nitrogen and oxygen atoms in total. The summed E-state index contributed by atoms with van der Waals surface area (Å²) in [5.41, 5.74) is 1.74. The van der Waals surface area contributed by atoms with Crippen LogP contribution in [-0.4, -0.2) is 12.1 Å². The second-order valence-electron chi connectivity index (χ2n) is 3.83. The fourth-order valence-corrected chi connectivity index (χ4v) is 2.86. The van der Waals surface area contributed by atoms with Crippen molar-refractivity contribution < 1.29 is 9.13 Å². The van der Waals surface area contributed by atoms with Crippen molar-refractivity contribution >= 4 is 21.6 Å². The van der Waals surface area contributed by atoms with Crippen LogP contribution in [0.3, 0.4) is 0 Å². The lowest BCUT2D eigenvalue weighted by atomic mass is 10.2. The maximum absolute atomic E-state index is 13.1. The topological polar surface area (TPSA) is 22.1 Å². The van der Waals surface area contributed by atoms with Gasteiger partial charge in [-0.15, -0.1) is 11.3 Å². The highest BCUT2D eigenvalue weighted by molar-refractivity contribution is 7.21. The largest absolute Gasteiger partial charge is 0.496 e. The Kier molecular flexibility index (Phi) is 2.72. The Morgan fingerprint density at radius 2 is 2.00 bits per heavy atom. The first-order valence-electron chi connectivity index (χ1n) is 5.47. The predicted octanol–water partition coefficient (Wildman–Crippen LogP) is 4.11. The van der Waals surface area contributed by atoms with E-state index in [1.807, 2.05) is 24.3 Å². The number of fused-ring (bicyclic) bond motifs is 1. The zero-order valence-corrected chi connectivity index (χ0v) is 10.5. The van der Waals surface area contributed by atoms with Gasteiger partial charge in [-0.1, -0.05) is 12.1 Å². The number of para-hydroxylation sites is 1. The SMILES string of the molecule is COc1ccccc1-c1nc2ccc(F)cc2s1. The molecule has 0 unspecified atom stereocenters. The molecule has 0 radical (unpaired) electrons. The average Bonchev–Trinajstić information content (AvgIpc) is 2.81. The highest BCUT2D eigenvalue weighted by Gasteiger charge is 2.10. The maximum Gasteiger partial charge on any atom is 0.129 e. The lowest BCUT2D eigenvalue weighted by molar-refractivity contribution is 0.416. The van der Waals surface area contributed by atoms with Gasteiger partial charge < -0.3 is 4.74 Å². The first-order chi connectivity index (χ1) is 8.78. The standard InChI is InChI=1S/C14H10FNOS/c1-17-12-5-3-2-4-10(12)14-16-11-7-6-9(15)8-13(11)18-14/h2-8H,1H3. The molecule has 2 aromatic carbocycles. The number of methoxy groups -OCH3 is 1. The van der Waals surface area contributed by atoms with Gasteiger partial charge in [0.25, 0.3) is 0 Å². The van der Waals surface area contributed by atoms with Crippen LogP contribution >= 0.6 is 11.3 Å². The number of halogens is 1. The number of nitrogens with zero attached hydrogens (tertiary/aromatic N) is 1. The normalized spacial score (nSPS) is 10.8. The summed E-state index contributed by atoms with van der Waals surface area (Å²) >= 11 is 1.46. The van der Waals surface area contributed by atoms with Crippen LogP contribution < -0.4 is 4.74 Å². The van der Waals surface area contributed by atoms with E-state index < -0.39 is 0 Å². The molecule has 90 valence electrons. The molecule has 4 heteroatoms. The number of thiazole rings is 1. The van der Waals surface area contributed by atoms with E-state index >= 15 is 0 Å². The van der Waals surface area contributed by atoms with Crippen LogP contribution in [0.1, 0.15) is 0 Å². The molecule has 0 spiro atoms. The fraction of sp³-hybridized carbons (Fsp3) is 0.0714. The molecule has 18 heavy (non-hydrogen) atoms. The smallest absolute Gasteiger partial charge is 0.129 e. The van der Waals surface area contributed by atoms with E-state index in [0.717, 1.165) is 26.5 Å². The van der Waals surface area contributed by atoms with Gasteiger partial charge in [-0.2, -0.15) is 0 Å². The second-order valence-corrected chi connectivity index (χ2v) is 4.86. The minimum Gasteiger partial charge on any atom is -0.496 e. The highest BCUT2D eigenvalue weighted by atomic mass is 32.1. The second kappa shape index (κ2) is 4.38. The van der Waals surface area contributed by atoms with Crippen molar-refractivity contribution in [2.45, 2.75) is 0 Å². The van der Waals surface area contributed by atoms with Gasteiger partial charge in [-0.05, 0) is 30.3 Å². The Balaban J connectivity index is 2.19. The van der Waals surface area contributed by atoms with E-state index in [4.69, 9.17) is 4.74 Å². The van der Waals surface area contributed by atoms with E-state index in [0.29, 0.717) is 0 Å². The van der Waals surface area contributed by atoms with Gasteiger partial charge >= 0.3 is 0 Å². The summed E-state index contributed by atoms with van der Waals surface area (Å²) in [6.45, 7) is 0. The lowest BCUT2D eigenvalue weighted by Gasteiger charge is -2.04. The summed E-state index contributed by atoms with van der Waals surface area (Å²) in [7, 11) is 1.63. The Bertz CT molecular complexity index is 708. The van der Waals surface area contributed by atoms with Gasteiger partial charge in [-0.3, -0.25) is 0 Å². The molecular formula is C14H10FNOS. The number of hydrogen-bond donors (Lipinski definition) is 0. The summed E-state index contributed by atoms with van der Waals surface area (Å²) in [6.07, 6.45) is 0. The number of rotatable bonds is 2. The van der Waals surface area contributed by atoms with Gasteiger partial charge in [0.1, 0.15) is 16.6 Å². The van der Waals surface area contributed by atoms with Crippen LogP contribution in [0.4, 0.5) is 4.39 Å². The molecule has 3 aromatic rings. The first kappa shape index (κ1) is 11.2. The molecule has 0 saturated carbocycles. The molecule has 0 saturated heterocycles. The van der Waals surface area contributed by atoms with Crippen LogP contribution in [0.5, 0.6) is 5.75 Å². The Labute approximate surface area is 108 Å². The van der Waals surface area contributed by atoms with Crippen molar-refractivity contribution in [1.82, 2.24) is 4.98 Å². The fourth-order valence-electron chi connectivity index (χ4n) is 1.83. The number of benzene rings is 2. The molecule has 0 fully saturated rings. The van der Waals surface area contributed by atoms with Crippen LogP contribution in [0, 0.1) is 5.82 Å². The van der Waals surface area contributed by atoms with Gasteiger partial charge in [0.2, 0.25) is 0 Å². The molecule has 0 N–H and O–H groups in total. The van der Waals surface area contributed by atoms with Crippen LogP contribution in [-0.2, 0) is 0 Å². The third-order valence-corrected chi connectivity index (χ3v) is 3.74. The van der Waals surface area contributed by atoms with Crippen molar-refractivity contribution in [3.63, 3.8) is 0 Å². The Hall–Kier alpha value is -1.94. The zero-order chi connectivity index (χ0) is 12.5. The Morgan fingerprint density at radius 1 is 1.17 bits per heavy atom. The molecule has 0 amide bonds. The molecule has 3 rings (SSSR count). The van der Waals surface area contributed by atoms with E-state index in [-0.39, 0.29) is 5.82 Å². The number of aromatic nitrogens is 1. The summed E-state index contributed by atoms with van der Waals surface area (Å²) in [6, 6.07) is 12.3. The minimum absolute atomic E-state index is 0.238. The minimum atomic E-state index is -0.238. The third kappa shape index (κ3) is 1.84. The van der Waals surface area contributed by atoms with E-state index in [1.165, 1.54) is 23.5 Å². The van der Waals surface area contributed by atoms with Crippen molar-refractivity contribution in [3.8, 4) is 16.3 Å². The lowest BCUT2D eigenvalue weighted by Crippen LogP contribution is -1.86. The first-order valence-corrected chi connectivity index (χ1v) is 6.29. The Morgan fingerprint density at radius 3 is 2.83 bits per heavy atom. The maximum atomic E-state index is 13.1. The van der Waals surface area contributed by atoms with E-state index in [9.17, 15) is 4.39 Å². The van der Waals surface area contributed by atoms with Gasteiger partial charge in [-0.25, -0.2) is 9.37 Å². The predicted molar refractivity (Wildman–Crippen MR) is 71.6 cm³/mol. The summed E-state index contributed by atoms with van der Waals surface area (Å²) < 4.78 is 19.3. The van der Waals surface area contributed by atoms with Crippen molar-refractivity contribution in [1.29, 1.82) is 0 Å².